The molecular weight excluding hydrogens is 321 g/mol. The molecule has 106 valence electrons. The summed E-state index contributed by atoms with van der Waals surface area (Å²) in [6.45, 7) is 1.32. The number of alkyl halides is 3. The normalized spacial score (nSPS) is 17.8. The molecule has 0 aromatic heterocycles. The molecule has 1 aromatic carbocycles. The lowest BCUT2D eigenvalue weighted by Crippen LogP contribution is -2.39. The predicted molar refractivity (Wildman–Crippen MR) is 73.0 cm³/mol. The standard InChI is InChI=1S/C13H16BrF3N2/c14-11-7-9(8-18)1-2-12(11)19-5-3-10(4-6-19)13(15,16)17/h1-2,7,10H,3-6,8,18H2. The third-order valence-corrected chi connectivity index (χ3v) is 4.18. The molecule has 2 N–H and O–H groups in total. The first-order chi connectivity index (χ1) is 8.91. The molecule has 1 aromatic rings. The quantitative estimate of drug-likeness (QED) is 0.892. The van der Waals surface area contributed by atoms with E-state index in [1.54, 1.807) is 0 Å². The molecule has 1 saturated heterocycles. The van der Waals surface area contributed by atoms with E-state index >= 15 is 0 Å². The monoisotopic (exact) mass is 336 g/mol. The molecule has 0 saturated carbocycles. The number of piperidine rings is 1. The Hall–Kier alpha value is -0.750. The van der Waals surface area contributed by atoms with Gasteiger partial charge >= 0.3 is 6.18 Å². The Morgan fingerprint density at radius 2 is 1.89 bits per heavy atom. The number of nitrogens with two attached hydrogens (primary N) is 1. The van der Waals surface area contributed by atoms with E-state index in [1.807, 2.05) is 23.1 Å². The van der Waals surface area contributed by atoms with Crippen molar-refractivity contribution in [3.05, 3.63) is 28.2 Å². The summed E-state index contributed by atoms with van der Waals surface area (Å²) in [6, 6.07) is 5.75. The first-order valence-corrected chi connectivity index (χ1v) is 7.01. The molecule has 1 aliphatic rings. The summed E-state index contributed by atoms with van der Waals surface area (Å²) in [7, 11) is 0. The van der Waals surface area contributed by atoms with E-state index in [0.29, 0.717) is 19.6 Å². The second-order valence-corrected chi connectivity index (χ2v) is 5.65. The van der Waals surface area contributed by atoms with Crippen LogP contribution in [-0.2, 0) is 6.54 Å². The number of benzene rings is 1. The molecule has 2 nitrogen and oxygen atoms in total. The maximum absolute atomic E-state index is 12.6. The van der Waals surface area contributed by atoms with E-state index < -0.39 is 12.1 Å². The molecule has 0 bridgehead atoms. The highest BCUT2D eigenvalue weighted by Crippen LogP contribution is 2.37. The molecule has 1 fully saturated rings. The largest absolute Gasteiger partial charge is 0.391 e. The third-order valence-electron chi connectivity index (χ3n) is 3.55. The van der Waals surface area contributed by atoms with Crippen LogP contribution in [0.1, 0.15) is 18.4 Å². The van der Waals surface area contributed by atoms with E-state index in [4.69, 9.17) is 5.73 Å². The van der Waals surface area contributed by atoms with Gasteiger partial charge in [0.1, 0.15) is 0 Å². The Morgan fingerprint density at radius 3 is 2.37 bits per heavy atom. The summed E-state index contributed by atoms with van der Waals surface area (Å²) in [5, 5.41) is 0. The number of halogens is 4. The zero-order valence-corrected chi connectivity index (χ0v) is 12.0. The van der Waals surface area contributed by atoms with Crippen molar-refractivity contribution >= 4 is 21.6 Å². The summed E-state index contributed by atoms with van der Waals surface area (Å²) >= 11 is 3.46. The Labute approximate surface area is 118 Å². The van der Waals surface area contributed by atoms with Crippen LogP contribution in [0, 0.1) is 5.92 Å². The van der Waals surface area contributed by atoms with E-state index in [1.165, 1.54) is 0 Å². The first-order valence-electron chi connectivity index (χ1n) is 6.22. The van der Waals surface area contributed by atoms with Crippen LogP contribution in [0.2, 0.25) is 0 Å². The third kappa shape index (κ3) is 3.42. The Morgan fingerprint density at radius 1 is 1.26 bits per heavy atom. The zero-order valence-electron chi connectivity index (χ0n) is 10.4. The molecule has 0 unspecified atom stereocenters. The first kappa shape index (κ1) is 14.7. The molecule has 1 heterocycles. The van der Waals surface area contributed by atoms with Crippen LogP contribution < -0.4 is 10.6 Å². The van der Waals surface area contributed by atoms with Crippen LogP contribution in [0.15, 0.2) is 22.7 Å². The van der Waals surface area contributed by atoms with Gasteiger partial charge in [0, 0.05) is 24.1 Å². The Kier molecular flexibility index (Phi) is 4.40. The van der Waals surface area contributed by atoms with Gasteiger partial charge in [-0.25, -0.2) is 0 Å². The van der Waals surface area contributed by atoms with Crippen molar-refractivity contribution in [2.45, 2.75) is 25.6 Å². The Bertz CT molecular complexity index is 440. The lowest BCUT2D eigenvalue weighted by Gasteiger charge is -2.35. The van der Waals surface area contributed by atoms with Crippen LogP contribution in [0.5, 0.6) is 0 Å². The van der Waals surface area contributed by atoms with Gasteiger partial charge < -0.3 is 10.6 Å². The minimum Gasteiger partial charge on any atom is -0.371 e. The fraction of sp³-hybridized carbons (Fsp3) is 0.538. The lowest BCUT2D eigenvalue weighted by atomic mass is 9.96. The molecule has 1 aliphatic heterocycles. The number of hydrogen-bond donors (Lipinski definition) is 1. The molecule has 0 radical (unpaired) electrons. The maximum Gasteiger partial charge on any atom is 0.391 e. The fourth-order valence-electron chi connectivity index (χ4n) is 2.38. The molecular formula is C13H16BrF3N2. The number of rotatable bonds is 2. The van der Waals surface area contributed by atoms with Crippen LogP contribution in [-0.4, -0.2) is 19.3 Å². The molecule has 0 aliphatic carbocycles. The summed E-state index contributed by atoms with van der Waals surface area (Å²) in [6.07, 6.45) is -3.74. The zero-order chi connectivity index (χ0) is 14.0. The average molecular weight is 337 g/mol. The smallest absolute Gasteiger partial charge is 0.371 e. The van der Waals surface area contributed by atoms with Gasteiger partial charge in [-0.15, -0.1) is 0 Å². The lowest BCUT2D eigenvalue weighted by molar-refractivity contribution is -0.179. The number of nitrogens with zero attached hydrogens (tertiary/aromatic N) is 1. The van der Waals surface area contributed by atoms with Gasteiger partial charge in [-0.3, -0.25) is 0 Å². The number of anilines is 1. The van der Waals surface area contributed by atoms with Gasteiger partial charge in [0.15, 0.2) is 0 Å². The second-order valence-electron chi connectivity index (χ2n) is 4.79. The van der Waals surface area contributed by atoms with Crippen molar-refractivity contribution in [1.82, 2.24) is 0 Å². The van der Waals surface area contributed by atoms with Crippen molar-refractivity contribution in [2.75, 3.05) is 18.0 Å². The van der Waals surface area contributed by atoms with Gasteiger partial charge in [0.2, 0.25) is 0 Å². The van der Waals surface area contributed by atoms with Crippen molar-refractivity contribution in [3.63, 3.8) is 0 Å². The van der Waals surface area contributed by atoms with Crippen molar-refractivity contribution in [2.24, 2.45) is 11.7 Å². The SMILES string of the molecule is NCc1ccc(N2CCC(C(F)(F)F)CC2)c(Br)c1. The van der Waals surface area contributed by atoms with Gasteiger partial charge in [-0.2, -0.15) is 13.2 Å². The summed E-state index contributed by atoms with van der Waals surface area (Å²) in [4.78, 5) is 1.99. The molecule has 0 amide bonds. The summed E-state index contributed by atoms with van der Waals surface area (Å²) < 4.78 is 38.7. The van der Waals surface area contributed by atoms with Crippen LogP contribution >= 0.6 is 15.9 Å². The average Bonchev–Trinajstić information content (AvgIpc) is 2.37. The van der Waals surface area contributed by atoms with Gasteiger partial charge in [-0.05, 0) is 46.5 Å². The molecule has 0 spiro atoms. The van der Waals surface area contributed by atoms with Crippen LogP contribution in [0.25, 0.3) is 0 Å². The van der Waals surface area contributed by atoms with Crippen molar-refractivity contribution in [3.8, 4) is 0 Å². The highest BCUT2D eigenvalue weighted by molar-refractivity contribution is 9.10. The van der Waals surface area contributed by atoms with E-state index in [0.717, 1.165) is 15.7 Å². The molecule has 0 atom stereocenters. The maximum atomic E-state index is 12.6. The molecule has 19 heavy (non-hydrogen) atoms. The van der Waals surface area contributed by atoms with Gasteiger partial charge in [0.05, 0.1) is 11.6 Å². The van der Waals surface area contributed by atoms with Crippen molar-refractivity contribution in [1.29, 1.82) is 0 Å². The molecule has 6 heteroatoms. The van der Waals surface area contributed by atoms with Gasteiger partial charge in [-0.1, -0.05) is 6.07 Å². The second kappa shape index (κ2) is 5.71. The van der Waals surface area contributed by atoms with E-state index in [-0.39, 0.29) is 12.8 Å². The van der Waals surface area contributed by atoms with E-state index in [2.05, 4.69) is 15.9 Å². The highest BCUT2D eigenvalue weighted by atomic mass is 79.9. The van der Waals surface area contributed by atoms with E-state index in [9.17, 15) is 13.2 Å². The minimum atomic E-state index is -4.06. The number of hydrogen-bond acceptors (Lipinski definition) is 2. The summed E-state index contributed by atoms with van der Waals surface area (Å²) in [5.41, 5.74) is 7.50. The molecule has 2 rings (SSSR count). The minimum absolute atomic E-state index is 0.161. The topological polar surface area (TPSA) is 29.3 Å². The summed E-state index contributed by atoms with van der Waals surface area (Å²) in [5.74, 6) is -1.16. The van der Waals surface area contributed by atoms with Gasteiger partial charge in [0.25, 0.3) is 0 Å². The fourth-order valence-corrected chi connectivity index (χ4v) is 3.06. The van der Waals surface area contributed by atoms with Crippen LogP contribution in [0.4, 0.5) is 18.9 Å². The predicted octanol–water partition coefficient (Wildman–Crippen LogP) is 3.69. The van der Waals surface area contributed by atoms with Crippen LogP contribution in [0.3, 0.4) is 0 Å². The Balaban J connectivity index is 2.06. The van der Waals surface area contributed by atoms with Crippen molar-refractivity contribution < 1.29 is 13.2 Å². The highest BCUT2D eigenvalue weighted by Gasteiger charge is 2.41.